The smallest absolute Gasteiger partial charge is 0.126 e. The Kier molecular flexibility index (Phi) is 4.44. The quantitative estimate of drug-likeness (QED) is 0.896. The van der Waals surface area contributed by atoms with E-state index in [4.69, 9.17) is 0 Å². The number of nitrogens with one attached hydrogen (secondary N) is 1. The van der Waals surface area contributed by atoms with Gasteiger partial charge in [0.1, 0.15) is 5.82 Å². The number of rotatable bonds is 5. The van der Waals surface area contributed by atoms with Gasteiger partial charge in [-0.15, -0.1) is 11.3 Å². The molecule has 0 radical (unpaired) electrons. The molecule has 2 aromatic rings. The molecule has 0 fully saturated rings. The predicted octanol–water partition coefficient (Wildman–Crippen LogP) is 3.29. The van der Waals surface area contributed by atoms with E-state index >= 15 is 0 Å². The molecule has 1 aromatic heterocycles. The Balaban J connectivity index is 2.13. The van der Waals surface area contributed by atoms with Crippen LogP contribution < -0.4 is 5.32 Å². The summed E-state index contributed by atoms with van der Waals surface area (Å²) in [6.07, 6.45) is 0.574. The number of nitrogens with zero attached hydrogens (tertiary/aromatic N) is 1. The van der Waals surface area contributed by atoms with E-state index in [1.165, 1.54) is 10.9 Å². The molecule has 0 bridgehead atoms. The molecule has 2 nitrogen and oxygen atoms in total. The molecule has 0 amide bonds. The molecule has 0 aliphatic heterocycles. The molecule has 0 aliphatic carbocycles. The van der Waals surface area contributed by atoms with E-state index < -0.39 is 0 Å². The van der Waals surface area contributed by atoms with Gasteiger partial charge < -0.3 is 5.32 Å². The highest BCUT2D eigenvalue weighted by Crippen LogP contribution is 2.21. The van der Waals surface area contributed by atoms with Crippen molar-refractivity contribution in [2.45, 2.75) is 26.8 Å². The normalized spacial score (nSPS) is 10.8. The first-order chi connectivity index (χ1) is 8.70. The second-order valence-electron chi connectivity index (χ2n) is 4.16. The third kappa shape index (κ3) is 3.15. The average molecular weight is 264 g/mol. The van der Waals surface area contributed by atoms with Crippen molar-refractivity contribution in [2.75, 3.05) is 6.54 Å². The van der Waals surface area contributed by atoms with Gasteiger partial charge in [-0.25, -0.2) is 9.37 Å². The Morgan fingerprint density at radius 1 is 1.33 bits per heavy atom. The maximum absolute atomic E-state index is 13.5. The van der Waals surface area contributed by atoms with Crippen LogP contribution in [0.5, 0.6) is 0 Å². The second kappa shape index (κ2) is 6.07. The lowest BCUT2D eigenvalue weighted by atomic mass is 10.1. The highest BCUT2D eigenvalue weighted by molar-refractivity contribution is 7.11. The molecule has 18 heavy (non-hydrogen) atoms. The van der Waals surface area contributed by atoms with E-state index in [-0.39, 0.29) is 5.82 Å². The Hall–Kier alpha value is -1.26. The van der Waals surface area contributed by atoms with Crippen molar-refractivity contribution in [1.82, 2.24) is 10.3 Å². The van der Waals surface area contributed by atoms with E-state index in [1.54, 1.807) is 17.4 Å². The van der Waals surface area contributed by atoms with E-state index in [2.05, 4.69) is 17.2 Å². The van der Waals surface area contributed by atoms with Crippen LogP contribution in [-0.2, 0) is 13.0 Å². The van der Waals surface area contributed by atoms with Gasteiger partial charge in [0.05, 0.1) is 10.7 Å². The molecular weight excluding hydrogens is 247 g/mol. The van der Waals surface area contributed by atoms with Crippen molar-refractivity contribution in [1.29, 1.82) is 0 Å². The van der Waals surface area contributed by atoms with Crippen LogP contribution in [-0.4, -0.2) is 11.5 Å². The number of hydrogen-bond acceptors (Lipinski definition) is 3. The number of aryl methyl sites for hydroxylation is 1. The molecule has 4 heteroatoms. The zero-order valence-corrected chi connectivity index (χ0v) is 11.5. The lowest BCUT2D eigenvalue weighted by molar-refractivity contribution is 0.614. The molecule has 1 heterocycles. The third-order valence-electron chi connectivity index (χ3n) is 2.77. The minimum Gasteiger partial charge on any atom is -0.312 e. The molecule has 1 N–H and O–H groups in total. The maximum atomic E-state index is 13.5. The standard InChI is InChI=1S/C14H17FN2S/c1-3-16-9-13-10(2)17-14(18-13)8-11-6-4-5-7-12(11)15/h4-7,16H,3,8-9H2,1-2H3. The fourth-order valence-electron chi connectivity index (χ4n) is 1.77. The van der Waals surface area contributed by atoms with Crippen LogP contribution in [0.15, 0.2) is 24.3 Å². The van der Waals surface area contributed by atoms with Crippen LogP contribution in [0, 0.1) is 12.7 Å². The van der Waals surface area contributed by atoms with Gasteiger partial charge in [0.15, 0.2) is 0 Å². The first-order valence-corrected chi connectivity index (χ1v) is 6.91. The molecule has 0 saturated heterocycles. The minimum absolute atomic E-state index is 0.154. The van der Waals surface area contributed by atoms with Gasteiger partial charge in [-0.2, -0.15) is 0 Å². The SMILES string of the molecule is CCNCc1sc(Cc2ccccc2F)nc1C. The van der Waals surface area contributed by atoms with Crippen LogP contribution in [0.25, 0.3) is 0 Å². The van der Waals surface area contributed by atoms with E-state index in [9.17, 15) is 4.39 Å². The van der Waals surface area contributed by atoms with Gasteiger partial charge in [-0.3, -0.25) is 0 Å². The highest BCUT2D eigenvalue weighted by Gasteiger charge is 2.09. The van der Waals surface area contributed by atoms with Gasteiger partial charge in [-0.05, 0) is 25.1 Å². The summed E-state index contributed by atoms with van der Waals surface area (Å²) in [7, 11) is 0. The topological polar surface area (TPSA) is 24.9 Å². The highest BCUT2D eigenvalue weighted by atomic mass is 32.1. The summed E-state index contributed by atoms with van der Waals surface area (Å²) >= 11 is 1.66. The van der Waals surface area contributed by atoms with Gasteiger partial charge in [-0.1, -0.05) is 25.1 Å². The fourth-order valence-corrected chi connectivity index (χ4v) is 2.83. The van der Waals surface area contributed by atoms with Crippen LogP contribution in [0.2, 0.25) is 0 Å². The Morgan fingerprint density at radius 3 is 2.83 bits per heavy atom. The largest absolute Gasteiger partial charge is 0.312 e. The molecule has 0 saturated carbocycles. The summed E-state index contributed by atoms with van der Waals surface area (Å²) in [6.45, 7) is 5.88. The van der Waals surface area contributed by atoms with Crippen LogP contribution in [0.1, 0.15) is 28.1 Å². The Labute approximate surface area is 111 Å². The summed E-state index contributed by atoms with van der Waals surface area (Å²) in [5.74, 6) is -0.154. The molecule has 96 valence electrons. The molecule has 0 aliphatic rings. The minimum atomic E-state index is -0.154. The van der Waals surface area contributed by atoms with Crippen LogP contribution in [0.3, 0.4) is 0 Å². The molecule has 0 atom stereocenters. The number of benzene rings is 1. The lowest BCUT2D eigenvalue weighted by Crippen LogP contribution is -2.11. The fraction of sp³-hybridized carbons (Fsp3) is 0.357. The average Bonchev–Trinajstić information content (AvgIpc) is 2.70. The summed E-state index contributed by atoms with van der Waals surface area (Å²) in [5.41, 5.74) is 1.76. The predicted molar refractivity (Wildman–Crippen MR) is 73.4 cm³/mol. The van der Waals surface area contributed by atoms with E-state index in [1.807, 2.05) is 19.1 Å². The number of hydrogen-bond donors (Lipinski definition) is 1. The van der Waals surface area contributed by atoms with Crippen molar-refractivity contribution >= 4 is 11.3 Å². The second-order valence-corrected chi connectivity index (χ2v) is 5.33. The molecule has 1 aromatic carbocycles. The molecular formula is C14H17FN2S. The van der Waals surface area contributed by atoms with Crippen LogP contribution in [0.4, 0.5) is 4.39 Å². The number of halogens is 1. The number of thiazole rings is 1. The summed E-state index contributed by atoms with van der Waals surface area (Å²) in [4.78, 5) is 5.75. The Bertz CT molecular complexity index is 522. The van der Waals surface area contributed by atoms with Crippen LogP contribution >= 0.6 is 11.3 Å². The van der Waals surface area contributed by atoms with Crippen molar-refractivity contribution < 1.29 is 4.39 Å². The van der Waals surface area contributed by atoms with E-state index in [0.717, 1.165) is 23.8 Å². The van der Waals surface area contributed by atoms with Crippen molar-refractivity contribution in [3.8, 4) is 0 Å². The zero-order valence-electron chi connectivity index (χ0n) is 10.7. The van der Waals surface area contributed by atoms with Crippen molar-refractivity contribution in [3.63, 3.8) is 0 Å². The molecule has 2 rings (SSSR count). The number of aromatic nitrogens is 1. The summed E-state index contributed by atoms with van der Waals surface area (Å²) in [6, 6.07) is 6.88. The summed E-state index contributed by atoms with van der Waals surface area (Å²) < 4.78 is 13.5. The van der Waals surface area contributed by atoms with Crippen molar-refractivity contribution in [3.05, 3.63) is 51.2 Å². The zero-order chi connectivity index (χ0) is 13.0. The third-order valence-corrected chi connectivity index (χ3v) is 3.93. The monoisotopic (exact) mass is 264 g/mol. The van der Waals surface area contributed by atoms with Gasteiger partial charge in [0.2, 0.25) is 0 Å². The molecule has 0 unspecified atom stereocenters. The van der Waals surface area contributed by atoms with Crippen molar-refractivity contribution in [2.24, 2.45) is 0 Å². The van der Waals surface area contributed by atoms with E-state index in [0.29, 0.717) is 12.0 Å². The van der Waals surface area contributed by atoms with Gasteiger partial charge >= 0.3 is 0 Å². The summed E-state index contributed by atoms with van der Waals surface area (Å²) in [5, 5.41) is 4.27. The Morgan fingerprint density at radius 2 is 2.11 bits per heavy atom. The van der Waals surface area contributed by atoms with Gasteiger partial charge in [0.25, 0.3) is 0 Å². The first-order valence-electron chi connectivity index (χ1n) is 6.10. The lowest BCUT2D eigenvalue weighted by Gasteiger charge is -1.99. The maximum Gasteiger partial charge on any atom is 0.126 e. The first kappa shape index (κ1) is 13.2. The molecule has 0 spiro atoms. The van der Waals surface area contributed by atoms with Gasteiger partial charge in [0, 0.05) is 17.8 Å².